The number of carbonyl (C=O) groups excluding carboxylic acids is 2. The van der Waals surface area contributed by atoms with Gasteiger partial charge in [0, 0.05) is 13.1 Å². The Hall–Kier alpha value is -1.83. The minimum atomic E-state index is -1.12. The summed E-state index contributed by atoms with van der Waals surface area (Å²) < 4.78 is 0. The summed E-state index contributed by atoms with van der Waals surface area (Å²) >= 11 is 0. The van der Waals surface area contributed by atoms with Gasteiger partial charge < -0.3 is 21.1 Å². The lowest BCUT2D eigenvalue weighted by Crippen LogP contribution is -2.61. The lowest BCUT2D eigenvalue weighted by molar-refractivity contribution is -0.144. The molecule has 3 amide bonds. The fourth-order valence-electron chi connectivity index (χ4n) is 1.76. The van der Waals surface area contributed by atoms with Gasteiger partial charge in [0.2, 0.25) is 5.91 Å². The normalized spacial score (nSPS) is 18.9. The largest absolute Gasteiger partial charge is 0.480 e. The lowest BCUT2D eigenvalue weighted by atomic mass is 10.2. The van der Waals surface area contributed by atoms with E-state index in [1.165, 1.54) is 0 Å². The second-order valence-corrected chi connectivity index (χ2v) is 4.23. The van der Waals surface area contributed by atoms with Gasteiger partial charge in [-0.1, -0.05) is 6.92 Å². The molecule has 1 heterocycles. The Labute approximate surface area is 111 Å². The van der Waals surface area contributed by atoms with E-state index in [9.17, 15) is 14.4 Å². The number of carboxylic acid groups (broad SMARTS) is 1. The van der Waals surface area contributed by atoms with Crippen LogP contribution in [0.2, 0.25) is 0 Å². The van der Waals surface area contributed by atoms with Crippen molar-refractivity contribution in [2.24, 2.45) is 0 Å². The SMILES string of the molecule is CCNCCCNC(=O)N1CC(=O)NCC1C(=O)O. The third-order valence-corrected chi connectivity index (χ3v) is 2.79. The molecule has 0 aromatic rings. The number of nitrogens with zero attached hydrogens (tertiary/aromatic N) is 1. The number of aliphatic carboxylic acids is 1. The molecule has 1 unspecified atom stereocenters. The molecule has 108 valence electrons. The van der Waals surface area contributed by atoms with Gasteiger partial charge in [-0.05, 0) is 19.5 Å². The Balaban J connectivity index is 2.42. The van der Waals surface area contributed by atoms with Crippen LogP contribution in [0.1, 0.15) is 13.3 Å². The number of carboxylic acids is 1. The third-order valence-electron chi connectivity index (χ3n) is 2.79. The minimum Gasteiger partial charge on any atom is -0.480 e. The summed E-state index contributed by atoms with van der Waals surface area (Å²) in [5.41, 5.74) is 0. The van der Waals surface area contributed by atoms with Gasteiger partial charge in [-0.25, -0.2) is 9.59 Å². The van der Waals surface area contributed by atoms with E-state index in [-0.39, 0.29) is 19.0 Å². The van der Waals surface area contributed by atoms with Gasteiger partial charge in [0.25, 0.3) is 0 Å². The molecule has 1 fully saturated rings. The van der Waals surface area contributed by atoms with E-state index >= 15 is 0 Å². The first kappa shape index (κ1) is 15.2. The van der Waals surface area contributed by atoms with Crippen LogP contribution in [-0.2, 0) is 9.59 Å². The number of rotatable bonds is 6. The maximum Gasteiger partial charge on any atom is 0.328 e. The molecule has 0 radical (unpaired) electrons. The Morgan fingerprint density at radius 3 is 2.84 bits per heavy atom. The van der Waals surface area contributed by atoms with Crippen LogP contribution in [0, 0.1) is 0 Å². The van der Waals surface area contributed by atoms with Gasteiger partial charge >= 0.3 is 12.0 Å². The average molecular weight is 272 g/mol. The predicted molar refractivity (Wildman–Crippen MR) is 67.7 cm³/mol. The summed E-state index contributed by atoms with van der Waals surface area (Å²) in [7, 11) is 0. The quantitative estimate of drug-likeness (QED) is 0.444. The Bertz CT molecular complexity index is 348. The van der Waals surface area contributed by atoms with Crippen molar-refractivity contribution in [3.63, 3.8) is 0 Å². The van der Waals surface area contributed by atoms with Crippen molar-refractivity contribution in [1.82, 2.24) is 20.9 Å². The lowest BCUT2D eigenvalue weighted by Gasteiger charge is -2.32. The van der Waals surface area contributed by atoms with E-state index in [0.29, 0.717) is 6.54 Å². The van der Waals surface area contributed by atoms with Crippen molar-refractivity contribution >= 4 is 17.9 Å². The standard InChI is InChI=1S/C11H20N4O4/c1-2-12-4-3-5-13-11(19)15-7-9(16)14-6-8(15)10(17)18/h8,12H,2-7H2,1H3,(H,13,19)(H,14,16)(H,17,18). The van der Waals surface area contributed by atoms with Crippen LogP contribution in [0.3, 0.4) is 0 Å². The maximum atomic E-state index is 11.8. The van der Waals surface area contributed by atoms with E-state index in [1.54, 1.807) is 0 Å². The molecule has 1 atom stereocenters. The second kappa shape index (κ2) is 7.57. The summed E-state index contributed by atoms with van der Waals surface area (Å²) in [4.78, 5) is 35.1. The average Bonchev–Trinajstić information content (AvgIpc) is 2.37. The number of hydrogen-bond donors (Lipinski definition) is 4. The van der Waals surface area contributed by atoms with Gasteiger partial charge in [0.05, 0.1) is 0 Å². The Morgan fingerprint density at radius 1 is 1.47 bits per heavy atom. The van der Waals surface area contributed by atoms with Crippen LogP contribution >= 0.6 is 0 Å². The number of nitrogens with one attached hydrogen (secondary N) is 3. The van der Waals surface area contributed by atoms with Gasteiger partial charge in [-0.2, -0.15) is 0 Å². The van der Waals surface area contributed by atoms with E-state index in [1.807, 2.05) is 6.92 Å². The van der Waals surface area contributed by atoms with Crippen LogP contribution < -0.4 is 16.0 Å². The van der Waals surface area contributed by atoms with E-state index < -0.39 is 18.0 Å². The molecule has 0 aliphatic carbocycles. The summed E-state index contributed by atoms with van der Waals surface area (Å²) in [5.74, 6) is -1.47. The molecule has 1 rings (SSSR count). The minimum absolute atomic E-state index is 0.0566. The van der Waals surface area contributed by atoms with Crippen LogP contribution in [0.25, 0.3) is 0 Å². The number of amides is 3. The van der Waals surface area contributed by atoms with Gasteiger partial charge in [-0.15, -0.1) is 0 Å². The van der Waals surface area contributed by atoms with E-state index in [0.717, 1.165) is 24.4 Å². The number of piperazine rings is 1. The first-order chi connectivity index (χ1) is 9.06. The highest BCUT2D eigenvalue weighted by molar-refractivity contribution is 5.90. The molecular weight excluding hydrogens is 252 g/mol. The van der Waals surface area contributed by atoms with Crippen LogP contribution in [-0.4, -0.2) is 66.7 Å². The zero-order valence-electron chi connectivity index (χ0n) is 10.9. The zero-order valence-corrected chi connectivity index (χ0v) is 10.9. The third kappa shape index (κ3) is 4.74. The van der Waals surface area contributed by atoms with Crippen LogP contribution in [0.5, 0.6) is 0 Å². The summed E-state index contributed by atoms with van der Waals surface area (Å²) in [6.07, 6.45) is 0.747. The topological polar surface area (TPSA) is 111 Å². The number of hydrogen-bond acceptors (Lipinski definition) is 4. The number of carbonyl (C=O) groups is 3. The fraction of sp³-hybridized carbons (Fsp3) is 0.727. The summed E-state index contributed by atoms with van der Waals surface area (Å²) in [6, 6.07) is -1.52. The highest BCUT2D eigenvalue weighted by atomic mass is 16.4. The van der Waals surface area contributed by atoms with Crippen molar-refractivity contribution in [2.75, 3.05) is 32.7 Å². The summed E-state index contributed by atoms with van der Waals surface area (Å²) in [6.45, 7) is 3.79. The number of urea groups is 1. The van der Waals surface area contributed by atoms with Gasteiger partial charge in [0.1, 0.15) is 12.6 Å². The molecule has 8 nitrogen and oxygen atoms in total. The van der Waals surface area contributed by atoms with Crippen molar-refractivity contribution in [3.05, 3.63) is 0 Å². The Morgan fingerprint density at radius 2 is 2.21 bits per heavy atom. The van der Waals surface area contributed by atoms with Crippen LogP contribution in [0.15, 0.2) is 0 Å². The van der Waals surface area contributed by atoms with E-state index in [4.69, 9.17) is 5.11 Å². The summed E-state index contributed by atoms with van der Waals surface area (Å²) in [5, 5.41) is 17.2. The molecule has 1 aliphatic rings. The highest BCUT2D eigenvalue weighted by Gasteiger charge is 2.34. The molecular formula is C11H20N4O4. The molecule has 0 spiro atoms. The molecule has 0 aromatic carbocycles. The van der Waals surface area contributed by atoms with Gasteiger partial charge in [-0.3, -0.25) is 9.69 Å². The molecule has 0 aromatic heterocycles. The molecule has 4 N–H and O–H groups in total. The smallest absolute Gasteiger partial charge is 0.328 e. The Kier molecular flexibility index (Phi) is 6.07. The molecule has 8 heteroatoms. The fourth-order valence-corrected chi connectivity index (χ4v) is 1.76. The second-order valence-electron chi connectivity index (χ2n) is 4.23. The first-order valence-corrected chi connectivity index (χ1v) is 6.31. The van der Waals surface area contributed by atoms with Crippen molar-refractivity contribution < 1.29 is 19.5 Å². The van der Waals surface area contributed by atoms with Crippen molar-refractivity contribution in [1.29, 1.82) is 0 Å². The molecule has 1 saturated heterocycles. The van der Waals surface area contributed by atoms with Crippen LogP contribution in [0.4, 0.5) is 4.79 Å². The maximum absolute atomic E-state index is 11.8. The molecule has 0 saturated carbocycles. The zero-order chi connectivity index (χ0) is 14.3. The molecule has 19 heavy (non-hydrogen) atoms. The monoisotopic (exact) mass is 272 g/mol. The van der Waals surface area contributed by atoms with Gasteiger partial charge in [0.15, 0.2) is 0 Å². The van der Waals surface area contributed by atoms with Crippen molar-refractivity contribution in [2.45, 2.75) is 19.4 Å². The highest BCUT2D eigenvalue weighted by Crippen LogP contribution is 2.04. The predicted octanol–water partition coefficient (Wildman–Crippen LogP) is -1.42. The van der Waals surface area contributed by atoms with Crippen molar-refractivity contribution in [3.8, 4) is 0 Å². The first-order valence-electron chi connectivity index (χ1n) is 6.31. The molecule has 0 bridgehead atoms. The molecule has 1 aliphatic heterocycles. The van der Waals surface area contributed by atoms with E-state index in [2.05, 4.69) is 16.0 Å².